The first-order valence-electron chi connectivity index (χ1n) is 11.0. The Kier molecular flexibility index (Phi) is 5.43. The number of nitrogens with zero attached hydrogens (tertiary/aromatic N) is 4. The number of rotatable bonds is 6. The molecule has 0 bridgehead atoms. The average molecular weight is 433 g/mol. The smallest absolute Gasteiger partial charge is 0.247 e. The summed E-state index contributed by atoms with van der Waals surface area (Å²) in [6, 6.07) is 17.8. The molecule has 1 amide bonds. The first-order chi connectivity index (χ1) is 15.5. The van der Waals surface area contributed by atoms with Crippen molar-refractivity contribution in [1.29, 1.82) is 0 Å². The van der Waals surface area contributed by atoms with E-state index in [9.17, 15) is 4.79 Å². The van der Waals surface area contributed by atoms with E-state index in [1.165, 1.54) is 0 Å². The van der Waals surface area contributed by atoms with E-state index in [4.69, 9.17) is 9.15 Å². The van der Waals surface area contributed by atoms with Crippen LogP contribution in [0.4, 0.5) is 0 Å². The van der Waals surface area contributed by atoms with Crippen molar-refractivity contribution in [3.63, 3.8) is 0 Å². The van der Waals surface area contributed by atoms with E-state index in [0.29, 0.717) is 18.2 Å². The maximum Gasteiger partial charge on any atom is 0.247 e. The highest BCUT2D eigenvalue weighted by Gasteiger charge is 2.53. The predicted molar refractivity (Wildman–Crippen MR) is 120 cm³/mol. The predicted octanol–water partition coefficient (Wildman–Crippen LogP) is 3.58. The fraction of sp³-hybridized carbons (Fsp3) is 0.400. The molecule has 2 aliphatic rings. The lowest BCUT2D eigenvalue weighted by atomic mass is 9.77. The summed E-state index contributed by atoms with van der Waals surface area (Å²) in [7, 11) is 3.75. The Morgan fingerprint density at radius 2 is 1.84 bits per heavy atom. The summed E-state index contributed by atoms with van der Waals surface area (Å²) in [5.41, 5.74) is 2.20. The number of hydrogen-bond donors (Lipinski definition) is 0. The summed E-state index contributed by atoms with van der Waals surface area (Å²) in [6.45, 7) is 2.53. The minimum absolute atomic E-state index is 0.0940. The van der Waals surface area contributed by atoms with Crippen molar-refractivity contribution in [2.24, 2.45) is 5.41 Å². The number of benzene rings is 2. The van der Waals surface area contributed by atoms with Crippen LogP contribution in [0.3, 0.4) is 0 Å². The molecule has 0 saturated carbocycles. The Hall–Kier alpha value is -3.19. The zero-order valence-corrected chi connectivity index (χ0v) is 18.5. The van der Waals surface area contributed by atoms with Crippen molar-refractivity contribution in [1.82, 2.24) is 20.0 Å². The molecule has 1 spiro atoms. The molecule has 3 heterocycles. The molecule has 32 heavy (non-hydrogen) atoms. The lowest BCUT2D eigenvalue weighted by molar-refractivity contribution is -0.142. The number of aromatic nitrogens is 2. The van der Waals surface area contributed by atoms with Crippen LogP contribution < -0.4 is 4.74 Å². The molecule has 7 nitrogen and oxygen atoms in total. The molecule has 0 N–H and O–H groups in total. The van der Waals surface area contributed by atoms with Crippen LogP contribution in [-0.4, -0.2) is 59.7 Å². The van der Waals surface area contributed by atoms with Gasteiger partial charge >= 0.3 is 0 Å². The molecule has 0 radical (unpaired) electrons. The monoisotopic (exact) mass is 432 g/mol. The van der Waals surface area contributed by atoms with Crippen LogP contribution in [0.2, 0.25) is 0 Å². The van der Waals surface area contributed by atoms with Crippen molar-refractivity contribution in [3.8, 4) is 17.2 Å². The summed E-state index contributed by atoms with van der Waals surface area (Å²) in [6.07, 6.45) is 2.22. The normalized spacial score (nSPS) is 19.8. The van der Waals surface area contributed by atoms with Crippen LogP contribution in [0, 0.1) is 5.41 Å². The second-order valence-corrected chi connectivity index (χ2v) is 9.04. The molecule has 166 valence electrons. The summed E-state index contributed by atoms with van der Waals surface area (Å²) < 4.78 is 11.2. The van der Waals surface area contributed by atoms with E-state index in [-0.39, 0.29) is 17.4 Å². The van der Waals surface area contributed by atoms with Crippen molar-refractivity contribution in [2.75, 3.05) is 33.8 Å². The largest absolute Gasteiger partial charge is 0.497 e. The fourth-order valence-electron chi connectivity index (χ4n) is 4.98. The van der Waals surface area contributed by atoms with Gasteiger partial charge in [-0.05, 0) is 49.7 Å². The summed E-state index contributed by atoms with van der Waals surface area (Å²) in [5, 5.41) is 8.58. The first-order valence-corrected chi connectivity index (χ1v) is 11.0. The van der Waals surface area contributed by atoms with Gasteiger partial charge in [0.05, 0.1) is 13.2 Å². The molecule has 1 unspecified atom stereocenters. The molecule has 2 saturated heterocycles. The van der Waals surface area contributed by atoms with Crippen LogP contribution >= 0.6 is 0 Å². The van der Waals surface area contributed by atoms with Crippen molar-refractivity contribution < 1.29 is 13.9 Å². The third kappa shape index (κ3) is 4.00. The van der Waals surface area contributed by atoms with Gasteiger partial charge in [-0.3, -0.25) is 9.69 Å². The molecule has 2 aromatic carbocycles. The van der Waals surface area contributed by atoms with Crippen LogP contribution in [0.5, 0.6) is 5.75 Å². The van der Waals surface area contributed by atoms with E-state index in [2.05, 4.69) is 22.1 Å². The molecule has 5 rings (SSSR count). The van der Waals surface area contributed by atoms with Crippen LogP contribution in [0.15, 0.2) is 59.0 Å². The third-order valence-electron chi connectivity index (χ3n) is 6.68. The van der Waals surface area contributed by atoms with E-state index in [1.807, 2.05) is 59.5 Å². The Morgan fingerprint density at radius 3 is 2.56 bits per heavy atom. The van der Waals surface area contributed by atoms with Gasteiger partial charge in [0, 0.05) is 37.0 Å². The molecule has 2 aliphatic heterocycles. The Balaban J connectivity index is 1.16. The van der Waals surface area contributed by atoms with Crippen LogP contribution in [0.25, 0.3) is 11.5 Å². The van der Waals surface area contributed by atoms with Crippen molar-refractivity contribution in [2.45, 2.75) is 25.3 Å². The van der Waals surface area contributed by atoms with Gasteiger partial charge in [0.15, 0.2) is 0 Å². The van der Waals surface area contributed by atoms with Crippen LogP contribution in [-0.2, 0) is 11.2 Å². The van der Waals surface area contributed by atoms with Crippen molar-refractivity contribution >= 4 is 5.91 Å². The van der Waals surface area contributed by atoms with E-state index in [0.717, 1.165) is 49.4 Å². The Bertz CT molecular complexity index is 1070. The second kappa shape index (κ2) is 8.39. The zero-order valence-electron chi connectivity index (χ0n) is 18.5. The quantitative estimate of drug-likeness (QED) is 0.593. The Labute approximate surface area is 188 Å². The highest BCUT2D eigenvalue weighted by molar-refractivity contribution is 5.77. The molecule has 0 aliphatic carbocycles. The Morgan fingerprint density at radius 1 is 1.09 bits per heavy atom. The molecular formula is C25H28N4O3. The zero-order chi connectivity index (χ0) is 22.1. The number of carbonyl (C=O) groups is 1. The first kappa shape index (κ1) is 20.7. The molecule has 3 aromatic rings. The van der Waals surface area contributed by atoms with Gasteiger partial charge < -0.3 is 14.1 Å². The van der Waals surface area contributed by atoms with Gasteiger partial charge in [0.1, 0.15) is 5.75 Å². The van der Waals surface area contributed by atoms with Gasteiger partial charge in [0.25, 0.3) is 0 Å². The summed E-state index contributed by atoms with van der Waals surface area (Å²) in [5.74, 6) is 2.27. The maximum atomic E-state index is 12.7. The SMILES string of the molecule is COc1ccc(CCC(=O)N2CC3(CC(c4nnc(-c5ccccc5)o4)N(C)C3)C2)cc1. The average Bonchev–Trinajstić information content (AvgIpc) is 3.42. The number of hydrogen-bond acceptors (Lipinski definition) is 6. The van der Waals surface area contributed by atoms with Crippen LogP contribution in [0.1, 0.15) is 30.3 Å². The number of aryl methyl sites for hydroxylation is 1. The molecule has 1 aromatic heterocycles. The summed E-state index contributed by atoms with van der Waals surface area (Å²) in [4.78, 5) is 17.0. The number of ether oxygens (including phenoxy) is 1. The second-order valence-electron chi connectivity index (χ2n) is 9.04. The van der Waals surface area contributed by atoms with Gasteiger partial charge in [-0.1, -0.05) is 30.3 Å². The maximum absolute atomic E-state index is 12.7. The minimum atomic E-state index is 0.0940. The van der Waals surface area contributed by atoms with Gasteiger partial charge in [-0.25, -0.2) is 0 Å². The molecule has 7 heteroatoms. The van der Waals surface area contributed by atoms with Gasteiger partial charge in [-0.15, -0.1) is 10.2 Å². The van der Waals surface area contributed by atoms with Gasteiger partial charge in [0.2, 0.25) is 17.7 Å². The highest BCUT2D eigenvalue weighted by atomic mass is 16.5. The lowest BCUT2D eigenvalue weighted by Gasteiger charge is -2.48. The number of methoxy groups -OCH3 is 1. The molecule has 2 fully saturated rings. The minimum Gasteiger partial charge on any atom is -0.497 e. The summed E-state index contributed by atoms with van der Waals surface area (Å²) >= 11 is 0. The number of likely N-dealkylation sites (tertiary alicyclic amines) is 2. The molecular weight excluding hydrogens is 404 g/mol. The highest BCUT2D eigenvalue weighted by Crippen LogP contribution is 2.47. The van der Waals surface area contributed by atoms with E-state index >= 15 is 0 Å². The third-order valence-corrected chi connectivity index (χ3v) is 6.68. The van der Waals surface area contributed by atoms with Crippen molar-refractivity contribution in [3.05, 3.63) is 66.1 Å². The van der Waals surface area contributed by atoms with Gasteiger partial charge in [-0.2, -0.15) is 0 Å². The molecule has 1 atom stereocenters. The van der Waals surface area contributed by atoms with E-state index in [1.54, 1.807) is 7.11 Å². The standard InChI is InChI=1S/C25H28N4O3/c1-28-15-25(14-21(28)24-27-26-23(32-24)19-6-4-3-5-7-19)16-29(17-25)22(30)13-10-18-8-11-20(31-2)12-9-18/h3-9,11-12,21H,10,13-17H2,1-2H3. The fourth-order valence-corrected chi connectivity index (χ4v) is 4.98. The number of amides is 1. The topological polar surface area (TPSA) is 71.7 Å². The lowest BCUT2D eigenvalue weighted by Crippen LogP contribution is -2.59. The van der Waals surface area contributed by atoms with E-state index < -0.39 is 0 Å². The number of carbonyl (C=O) groups excluding carboxylic acids is 1.